The van der Waals surface area contributed by atoms with E-state index in [0.717, 1.165) is 0 Å². The summed E-state index contributed by atoms with van der Waals surface area (Å²) in [5.41, 5.74) is 5.56. The van der Waals surface area contributed by atoms with Crippen molar-refractivity contribution in [2.24, 2.45) is 11.7 Å². The second-order valence-corrected chi connectivity index (χ2v) is 6.42. The summed E-state index contributed by atoms with van der Waals surface area (Å²) in [5, 5.41) is 11.0. The van der Waals surface area contributed by atoms with E-state index in [4.69, 9.17) is 28.9 Å². The Morgan fingerprint density at radius 2 is 1.77 bits per heavy atom. The van der Waals surface area contributed by atoms with Crippen LogP contribution in [-0.4, -0.2) is 34.9 Å². The first-order valence-electron chi connectivity index (χ1n) is 7.08. The first-order valence-corrected chi connectivity index (χ1v) is 7.83. The normalized spacial score (nSPS) is 17.3. The number of amides is 2. The van der Waals surface area contributed by atoms with Crippen molar-refractivity contribution >= 4 is 35.0 Å². The molecule has 0 aliphatic carbocycles. The summed E-state index contributed by atoms with van der Waals surface area (Å²) in [4.78, 5) is 24.9. The standard InChI is InChI=1S/C15H18Cl2N2O3/c16-11-6-10(7-12(17)8-11)14(21)15(22)19-3-1-9(2-4-19)5-13(18)20/h6-9,14,21H,1-5H2,(H2,18,20). The van der Waals surface area contributed by atoms with Crippen molar-refractivity contribution in [2.45, 2.75) is 25.4 Å². The number of rotatable bonds is 4. The maximum atomic E-state index is 12.3. The first kappa shape index (κ1) is 17.1. The Kier molecular flexibility index (Phi) is 5.67. The van der Waals surface area contributed by atoms with Crippen LogP contribution >= 0.6 is 23.2 Å². The highest BCUT2D eigenvalue weighted by Gasteiger charge is 2.28. The molecule has 3 N–H and O–H groups in total. The Balaban J connectivity index is 1.98. The lowest BCUT2D eigenvalue weighted by atomic mass is 9.93. The van der Waals surface area contributed by atoms with Gasteiger partial charge in [-0.3, -0.25) is 9.59 Å². The van der Waals surface area contributed by atoms with Crippen LogP contribution in [0.25, 0.3) is 0 Å². The summed E-state index contributed by atoms with van der Waals surface area (Å²) < 4.78 is 0. The number of halogens is 2. The van der Waals surface area contributed by atoms with Crippen molar-refractivity contribution in [3.8, 4) is 0 Å². The Morgan fingerprint density at radius 1 is 1.23 bits per heavy atom. The molecule has 7 heteroatoms. The van der Waals surface area contributed by atoms with Crippen LogP contribution in [0.4, 0.5) is 0 Å². The zero-order valence-corrected chi connectivity index (χ0v) is 13.5. The van der Waals surface area contributed by atoms with Crippen molar-refractivity contribution in [3.63, 3.8) is 0 Å². The zero-order chi connectivity index (χ0) is 16.3. The third kappa shape index (κ3) is 4.35. The van der Waals surface area contributed by atoms with Crippen LogP contribution in [0.2, 0.25) is 10.0 Å². The van der Waals surface area contributed by atoms with Crippen molar-refractivity contribution in [3.05, 3.63) is 33.8 Å². The van der Waals surface area contributed by atoms with Crippen LogP contribution in [0.3, 0.4) is 0 Å². The number of carbonyl (C=O) groups is 2. The van der Waals surface area contributed by atoms with Crippen LogP contribution in [0.15, 0.2) is 18.2 Å². The summed E-state index contributed by atoms with van der Waals surface area (Å²) >= 11 is 11.8. The predicted octanol–water partition coefficient (Wildman–Crippen LogP) is 2.14. The van der Waals surface area contributed by atoms with E-state index < -0.39 is 6.10 Å². The van der Waals surface area contributed by atoms with Crippen LogP contribution in [0, 0.1) is 5.92 Å². The van der Waals surface area contributed by atoms with E-state index in [1.165, 1.54) is 12.1 Å². The number of nitrogens with two attached hydrogens (primary N) is 1. The number of primary amides is 1. The number of likely N-dealkylation sites (tertiary alicyclic amines) is 1. The van der Waals surface area contributed by atoms with Crippen LogP contribution in [-0.2, 0) is 9.59 Å². The fourth-order valence-corrected chi connectivity index (χ4v) is 3.23. The smallest absolute Gasteiger partial charge is 0.256 e. The van der Waals surface area contributed by atoms with Gasteiger partial charge in [-0.05, 0) is 42.5 Å². The average molecular weight is 345 g/mol. The quantitative estimate of drug-likeness (QED) is 0.877. The summed E-state index contributed by atoms with van der Waals surface area (Å²) in [5.74, 6) is -0.492. The molecule has 0 radical (unpaired) electrons. The molecule has 2 amide bonds. The van der Waals surface area contributed by atoms with Crippen LogP contribution in [0.1, 0.15) is 30.9 Å². The highest BCUT2D eigenvalue weighted by atomic mass is 35.5. The number of hydrogen-bond acceptors (Lipinski definition) is 3. The van der Waals surface area contributed by atoms with Crippen molar-refractivity contribution < 1.29 is 14.7 Å². The lowest BCUT2D eigenvalue weighted by molar-refractivity contribution is -0.142. The van der Waals surface area contributed by atoms with Gasteiger partial charge in [0.05, 0.1) is 0 Å². The third-order valence-electron chi connectivity index (χ3n) is 3.85. The van der Waals surface area contributed by atoms with Crippen LogP contribution in [0.5, 0.6) is 0 Å². The molecule has 1 aromatic rings. The fourth-order valence-electron chi connectivity index (χ4n) is 2.69. The van der Waals surface area contributed by atoms with E-state index in [9.17, 15) is 14.7 Å². The van der Waals surface area contributed by atoms with Gasteiger partial charge in [-0.1, -0.05) is 23.2 Å². The summed E-state index contributed by atoms with van der Waals surface area (Å²) in [6, 6.07) is 4.59. The van der Waals surface area contributed by atoms with Crippen molar-refractivity contribution in [1.82, 2.24) is 4.90 Å². The topological polar surface area (TPSA) is 83.6 Å². The van der Waals surface area contributed by atoms with Gasteiger partial charge in [0, 0.05) is 29.6 Å². The number of nitrogens with zero attached hydrogens (tertiary/aromatic N) is 1. The van der Waals surface area contributed by atoms with E-state index in [-0.39, 0.29) is 17.7 Å². The molecule has 1 saturated heterocycles. The monoisotopic (exact) mass is 344 g/mol. The highest BCUT2D eigenvalue weighted by molar-refractivity contribution is 6.34. The van der Waals surface area contributed by atoms with Crippen molar-refractivity contribution in [1.29, 1.82) is 0 Å². The molecule has 1 atom stereocenters. The van der Waals surface area contributed by atoms with E-state index in [1.807, 2.05) is 0 Å². The lowest BCUT2D eigenvalue weighted by Crippen LogP contribution is -2.41. The molecule has 0 saturated carbocycles. The van der Waals surface area contributed by atoms with Gasteiger partial charge in [0.15, 0.2) is 6.10 Å². The van der Waals surface area contributed by atoms with Gasteiger partial charge in [0.2, 0.25) is 5.91 Å². The molecule has 1 heterocycles. The molecular formula is C15H18Cl2N2O3. The maximum Gasteiger partial charge on any atom is 0.256 e. The molecule has 120 valence electrons. The summed E-state index contributed by atoms with van der Waals surface area (Å²) in [6.07, 6.45) is 0.466. The van der Waals surface area contributed by atoms with Gasteiger partial charge < -0.3 is 15.7 Å². The molecule has 22 heavy (non-hydrogen) atoms. The van der Waals surface area contributed by atoms with E-state index in [0.29, 0.717) is 48.0 Å². The molecule has 5 nitrogen and oxygen atoms in total. The van der Waals surface area contributed by atoms with E-state index in [1.54, 1.807) is 11.0 Å². The van der Waals surface area contributed by atoms with Gasteiger partial charge in [0.1, 0.15) is 0 Å². The number of hydrogen-bond donors (Lipinski definition) is 2. The van der Waals surface area contributed by atoms with Crippen LogP contribution < -0.4 is 5.73 Å². The maximum absolute atomic E-state index is 12.3. The molecule has 1 aromatic carbocycles. The molecule has 1 aliphatic rings. The molecule has 0 bridgehead atoms. The molecule has 0 spiro atoms. The fraction of sp³-hybridized carbons (Fsp3) is 0.467. The summed E-state index contributed by atoms with van der Waals surface area (Å²) in [6.45, 7) is 1.00. The molecule has 1 aliphatic heterocycles. The molecular weight excluding hydrogens is 327 g/mol. The minimum Gasteiger partial charge on any atom is -0.378 e. The second kappa shape index (κ2) is 7.31. The number of piperidine rings is 1. The highest BCUT2D eigenvalue weighted by Crippen LogP contribution is 2.27. The third-order valence-corrected chi connectivity index (χ3v) is 4.29. The van der Waals surface area contributed by atoms with Crippen molar-refractivity contribution in [2.75, 3.05) is 13.1 Å². The predicted molar refractivity (Wildman–Crippen MR) is 84.5 cm³/mol. The minimum absolute atomic E-state index is 0.208. The van der Waals surface area contributed by atoms with Gasteiger partial charge >= 0.3 is 0 Å². The van der Waals surface area contributed by atoms with Gasteiger partial charge in [0.25, 0.3) is 5.91 Å². The molecule has 1 fully saturated rings. The van der Waals surface area contributed by atoms with E-state index >= 15 is 0 Å². The SMILES string of the molecule is NC(=O)CC1CCN(C(=O)C(O)c2cc(Cl)cc(Cl)c2)CC1. The zero-order valence-electron chi connectivity index (χ0n) is 12.0. The number of benzene rings is 1. The summed E-state index contributed by atoms with van der Waals surface area (Å²) in [7, 11) is 0. The number of aliphatic hydroxyl groups is 1. The Hall–Kier alpha value is -1.30. The van der Waals surface area contributed by atoms with Gasteiger partial charge in [-0.2, -0.15) is 0 Å². The second-order valence-electron chi connectivity index (χ2n) is 5.54. The Bertz CT molecular complexity index is 552. The molecule has 2 rings (SSSR count). The Morgan fingerprint density at radius 3 is 2.27 bits per heavy atom. The first-order chi connectivity index (χ1) is 10.4. The van der Waals surface area contributed by atoms with E-state index in [2.05, 4.69) is 0 Å². The minimum atomic E-state index is -1.29. The number of aliphatic hydroxyl groups excluding tert-OH is 1. The van der Waals surface area contributed by atoms with Gasteiger partial charge in [-0.25, -0.2) is 0 Å². The average Bonchev–Trinajstić information content (AvgIpc) is 2.45. The largest absolute Gasteiger partial charge is 0.378 e. The number of carbonyl (C=O) groups excluding carboxylic acids is 2. The Labute approximate surface area is 139 Å². The molecule has 0 aromatic heterocycles. The van der Waals surface area contributed by atoms with Gasteiger partial charge in [-0.15, -0.1) is 0 Å². The molecule has 1 unspecified atom stereocenters. The lowest BCUT2D eigenvalue weighted by Gasteiger charge is -2.32.